The normalized spacial score (nSPS) is 21.1. The van der Waals surface area contributed by atoms with Gasteiger partial charge in [0.2, 0.25) is 5.91 Å². The molecule has 0 saturated carbocycles. The molecule has 8 heteroatoms. The minimum Gasteiger partial charge on any atom is -0.319 e. The fraction of sp³-hybridized carbons (Fsp3) is 0.263. The first-order valence-electron chi connectivity index (χ1n) is 8.63. The van der Waals surface area contributed by atoms with E-state index < -0.39 is 17.5 Å². The van der Waals surface area contributed by atoms with Gasteiger partial charge < -0.3 is 10.6 Å². The molecule has 1 unspecified atom stereocenters. The van der Waals surface area contributed by atoms with Gasteiger partial charge in [-0.1, -0.05) is 35.9 Å². The number of aryl methyl sites for hydroxylation is 1. The van der Waals surface area contributed by atoms with Gasteiger partial charge in [-0.25, -0.2) is 9.78 Å². The van der Waals surface area contributed by atoms with Gasteiger partial charge in [-0.15, -0.1) is 0 Å². The van der Waals surface area contributed by atoms with Crippen molar-refractivity contribution in [2.24, 2.45) is 0 Å². The molecule has 0 bridgehead atoms. The average Bonchev–Trinajstić information content (AvgIpc) is 2.89. The molecule has 1 aromatic carbocycles. The molecule has 1 fully saturated rings. The maximum Gasteiger partial charge on any atom is 0.325 e. The Morgan fingerprint density at radius 1 is 1.26 bits per heavy atom. The summed E-state index contributed by atoms with van der Waals surface area (Å²) in [6, 6.07) is 10.2. The molecule has 4 amide bonds. The highest BCUT2D eigenvalue weighted by atomic mass is 35.5. The molecule has 1 aromatic heterocycles. The van der Waals surface area contributed by atoms with Gasteiger partial charge in [0, 0.05) is 6.20 Å². The van der Waals surface area contributed by atoms with Gasteiger partial charge in [-0.2, -0.15) is 0 Å². The zero-order chi connectivity index (χ0) is 19.0. The van der Waals surface area contributed by atoms with E-state index >= 15 is 0 Å². The largest absolute Gasteiger partial charge is 0.325 e. The second kappa shape index (κ2) is 6.66. The Labute approximate surface area is 160 Å². The molecule has 2 heterocycles. The van der Waals surface area contributed by atoms with E-state index in [0.29, 0.717) is 17.3 Å². The van der Waals surface area contributed by atoms with Gasteiger partial charge in [-0.3, -0.25) is 14.5 Å². The Kier molecular flexibility index (Phi) is 4.31. The summed E-state index contributed by atoms with van der Waals surface area (Å²) in [4.78, 5) is 42.8. The summed E-state index contributed by atoms with van der Waals surface area (Å²) in [5.74, 6) is -0.595. The molecule has 2 aromatic rings. The minimum absolute atomic E-state index is 0.300. The predicted octanol–water partition coefficient (Wildman–Crippen LogP) is 2.46. The van der Waals surface area contributed by atoms with Gasteiger partial charge in [0.25, 0.3) is 5.91 Å². The second-order valence-electron chi connectivity index (χ2n) is 6.65. The number of imide groups is 1. The van der Waals surface area contributed by atoms with Gasteiger partial charge in [0.1, 0.15) is 17.9 Å². The van der Waals surface area contributed by atoms with Crippen LogP contribution in [0.1, 0.15) is 24.0 Å². The standard InChI is InChI=1S/C19H17ClN4O3/c20-13-7-8-15(21-10-13)22-16(25)11-24-17(26)19(23-18(24)27)9-3-5-12-4-1-2-6-14(12)19/h1-2,4,6-8,10H,3,5,9,11H2,(H,23,27)(H,21,22,25). The van der Waals surface area contributed by atoms with Crippen LogP contribution in [0.5, 0.6) is 0 Å². The third-order valence-electron chi connectivity index (χ3n) is 4.95. The molecule has 27 heavy (non-hydrogen) atoms. The van der Waals surface area contributed by atoms with E-state index in [-0.39, 0.29) is 12.5 Å². The van der Waals surface area contributed by atoms with Crippen molar-refractivity contribution in [1.82, 2.24) is 15.2 Å². The maximum atomic E-state index is 13.1. The molecule has 0 radical (unpaired) electrons. The smallest absolute Gasteiger partial charge is 0.319 e. The third-order valence-corrected chi connectivity index (χ3v) is 5.17. The number of hydrogen-bond acceptors (Lipinski definition) is 4. The number of anilines is 1. The summed E-state index contributed by atoms with van der Waals surface area (Å²) in [7, 11) is 0. The van der Waals surface area contributed by atoms with E-state index in [2.05, 4.69) is 15.6 Å². The third kappa shape index (κ3) is 3.04. The zero-order valence-electron chi connectivity index (χ0n) is 14.4. The number of aromatic nitrogens is 1. The summed E-state index contributed by atoms with van der Waals surface area (Å²) < 4.78 is 0. The number of carbonyl (C=O) groups excluding carboxylic acids is 3. The van der Waals surface area contributed by atoms with E-state index in [0.717, 1.165) is 28.9 Å². The monoisotopic (exact) mass is 384 g/mol. The summed E-state index contributed by atoms with van der Waals surface area (Å²) in [6.45, 7) is -0.376. The van der Waals surface area contributed by atoms with Gasteiger partial charge in [-0.05, 0) is 42.5 Å². The summed E-state index contributed by atoms with van der Waals surface area (Å²) in [5, 5.41) is 5.84. The Bertz CT molecular complexity index is 931. The Morgan fingerprint density at radius 2 is 2.07 bits per heavy atom. The number of nitrogens with one attached hydrogen (secondary N) is 2. The number of rotatable bonds is 3. The first-order chi connectivity index (χ1) is 13.0. The van der Waals surface area contributed by atoms with Crippen LogP contribution in [0.2, 0.25) is 5.02 Å². The van der Waals surface area contributed by atoms with Crippen molar-refractivity contribution in [1.29, 1.82) is 0 Å². The van der Waals surface area contributed by atoms with E-state index in [1.807, 2.05) is 24.3 Å². The Balaban J connectivity index is 1.54. The second-order valence-corrected chi connectivity index (χ2v) is 7.08. The zero-order valence-corrected chi connectivity index (χ0v) is 15.1. The van der Waals surface area contributed by atoms with Crippen molar-refractivity contribution in [3.8, 4) is 0 Å². The number of urea groups is 1. The minimum atomic E-state index is -1.08. The lowest BCUT2D eigenvalue weighted by molar-refractivity contribution is -0.134. The molecule has 2 aliphatic rings. The van der Waals surface area contributed by atoms with Gasteiger partial charge in [0.15, 0.2) is 0 Å². The first kappa shape index (κ1) is 17.5. The van der Waals surface area contributed by atoms with Crippen LogP contribution in [0.3, 0.4) is 0 Å². The highest BCUT2D eigenvalue weighted by molar-refractivity contribution is 6.30. The lowest BCUT2D eigenvalue weighted by Gasteiger charge is -2.33. The van der Waals surface area contributed by atoms with Crippen molar-refractivity contribution in [3.63, 3.8) is 0 Å². The number of amides is 4. The van der Waals surface area contributed by atoms with Crippen LogP contribution < -0.4 is 10.6 Å². The number of hydrogen-bond donors (Lipinski definition) is 2. The molecule has 1 spiro atoms. The maximum absolute atomic E-state index is 13.1. The van der Waals surface area contributed by atoms with Crippen LogP contribution >= 0.6 is 11.6 Å². The van der Waals surface area contributed by atoms with Crippen molar-refractivity contribution < 1.29 is 14.4 Å². The molecular formula is C19H17ClN4O3. The number of benzene rings is 1. The number of pyridine rings is 1. The van der Waals surface area contributed by atoms with Crippen LogP contribution in [0.25, 0.3) is 0 Å². The summed E-state index contributed by atoms with van der Waals surface area (Å²) >= 11 is 5.77. The first-order valence-corrected chi connectivity index (χ1v) is 9.01. The summed E-state index contributed by atoms with van der Waals surface area (Å²) in [5.41, 5.74) is 0.788. The van der Waals surface area contributed by atoms with Crippen molar-refractivity contribution >= 4 is 35.3 Å². The Hall–Kier alpha value is -2.93. The topological polar surface area (TPSA) is 91.4 Å². The fourth-order valence-electron chi connectivity index (χ4n) is 3.73. The highest BCUT2D eigenvalue weighted by Crippen LogP contribution is 2.39. The highest BCUT2D eigenvalue weighted by Gasteiger charge is 2.54. The summed E-state index contributed by atoms with van der Waals surface area (Å²) in [6.07, 6.45) is 3.58. The quantitative estimate of drug-likeness (QED) is 0.795. The number of fused-ring (bicyclic) bond motifs is 2. The average molecular weight is 385 g/mol. The number of carbonyl (C=O) groups is 3. The molecular weight excluding hydrogens is 368 g/mol. The van der Waals surface area contributed by atoms with Crippen LogP contribution in [-0.2, 0) is 21.5 Å². The molecule has 138 valence electrons. The van der Waals surface area contributed by atoms with E-state index in [1.54, 1.807) is 12.1 Å². The Morgan fingerprint density at radius 3 is 2.85 bits per heavy atom. The molecule has 1 aliphatic heterocycles. The lowest BCUT2D eigenvalue weighted by Crippen LogP contribution is -2.47. The van der Waals surface area contributed by atoms with Gasteiger partial charge in [0.05, 0.1) is 5.02 Å². The number of halogens is 1. The van der Waals surface area contributed by atoms with E-state index in [4.69, 9.17) is 11.6 Å². The van der Waals surface area contributed by atoms with Crippen LogP contribution in [0.4, 0.5) is 10.6 Å². The molecule has 1 aliphatic carbocycles. The SMILES string of the molecule is O=C(CN1C(=O)NC2(CCCc3ccccc32)C1=O)Nc1ccc(Cl)cn1. The molecule has 1 atom stereocenters. The number of nitrogens with zero attached hydrogens (tertiary/aromatic N) is 2. The lowest BCUT2D eigenvalue weighted by atomic mass is 9.76. The van der Waals surface area contributed by atoms with Crippen LogP contribution in [-0.4, -0.2) is 34.3 Å². The van der Waals surface area contributed by atoms with Crippen molar-refractivity contribution in [3.05, 3.63) is 58.7 Å². The molecule has 2 N–H and O–H groups in total. The van der Waals surface area contributed by atoms with Crippen LogP contribution in [0, 0.1) is 0 Å². The predicted molar refractivity (Wildman–Crippen MR) is 99.2 cm³/mol. The fourth-order valence-corrected chi connectivity index (χ4v) is 3.84. The molecule has 1 saturated heterocycles. The van der Waals surface area contributed by atoms with Gasteiger partial charge >= 0.3 is 6.03 Å². The molecule has 4 rings (SSSR count). The van der Waals surface area contributed by atoms with E-state index in [9.17, 15) is 14.4 Å². The molecule has 7 nitrogen and oxygen atoms in total. The van der Waals surface area contributed by atoms with Crippen LogP contribution in [0.15, 0.2) is 42.6 Å². The van der Waals surface area contributed by atoms with Crippen molar-refractivity contribution in [2.75, 3.05) is 11.9 Å². The van der Waals surface area contributed by atoms with E-state index in [1.165, 1.54) is 6.20 Å². The van der Waals surface area contributed by atoms with Crippen molar-refractivity contribution in [2.45, 2.75) is 24.8 Å².